The van der Waals surface area contributed by atoms with Crippen LogP contribution in [-0.4, -0.2) is 59.4 Å². The van der Waals surface area contributed by atoms with Gasteiger partial charge in [-0.1, -0.05) is 41.0 Å². The van der Waals surface area contributed by atoms with Gasteiger partial charge in [0.2, 0.25) is 11.8 Å². The topological polar surface area (TPSA) is 52.7 Å². The summed E-state index contributed by atoms with van der Waals surface area (Å²) < 4.78 is 0. The Morgan fingerprint density at radius 2 is 1.76 bits per heavy atom. The van der Waals surface area contributed by atoms with E-state index in [1.807, 2.05) is 4.90 Å². The molecule has 1 N–H and O–H groups in total. The van der Waals surface area contributed by atoms with Crippen molar-refractivity contribution in [3.63, 3.8) is 0 Å². The van der Waals surface area contributed by atoms with E-state index in [2.05, 4.69) is 51.8 Å². The molecule has 0 aromatic heterocycles. The van der Waals surface area contributed by atoms with Gasteiger partial charge in [0, 0.05) is 25.7 Å². The van der Waals surface area contributed by atoms with E-state index in [4.69, 9.17) is 0 Å². The van der Waals surface area contributed by atoms with Gasteiger partial charge in [-0.05, 0) is 93.3 Å². The number of amides is 2. The van der Waals surface area contributed by atoms with Gasteiger partial charge in [-0.25, -0.2) is 0 Å². The van der Waals surface area contributed by atoms with Crippen LogP contribution in [0.25, 0.3) is 0 Å². The first-order valence-corrected chi connectivity index (χ1v) is 14.4. The molecule has 7 atom stereocenters. The molecule has 2 saturated heterocycles. The summed E-state index contributed by atoms with van der Waals surface area (Å²) >= 11 is 0. The average molecular weight is 474 g/mol. The molecule has 2 amide bonds. The zero-order chi connectivity index (χ0) is 24.6. The molecule has 34 heavy (non-hydrogen) atoms. The molecule has 1 spiro atoms. The molecule has 0 radical (unpaired) electrons. The van der Waals surface area contributed by atoms with Crippen LogP contribution in [0.2, 0.25) is 0 Å². The summed E-state index contributed by atoms with van der Waals surface area (Å²) in [5.74, 6) is 3.92. The lowest BCUT2D eigenvalue weighted by Crippen LogP contribution is -2.63. The lowest BCUT2D eigenvalue weighted by Gasteiger charge is -2.47. The number of carbonyl (C=O) groups is 2. The molecule has 2 aliphatic carbocycles. The third-order valence-corrected chi connectivity index (χ3v) is 9.61. The van der Waals surface area contributed by atoms with Crippen LogP contribution in [0.1, 0.15) is 99.3 Å². The summed E-state index contributed by atoms with van der Waals surface area (Å²) in [5.41, 5.74) is 0.455. The highest BCUT2D eigenvalue weighted by Crippen LogP contribution is 2.57. The Morgan fingerprint density at radius 3 is 2.44 bits per heavy atom. The van der Waals surface area contributed by atoms with Crippen LogP contribution in [0, 0.1) is 35.0 Å². The fourth-order valence-corrected chi connectivity index (χ4v) is 8.11. The predicted octanol–water partition coefficient (Wildman–Crippen LogP) is 5.09. The lowest BCUT2D eigenvalue weighted by molar-refractivity contribution is -0.152. The normalized spacial score (nSPS) is 37.5. The van der Waals surface area contributed by atoms with E-state index in [0.29, 0.717) is 23.8 Å². The molecule has 5 heteroatoms. The Bertz CT molecular complexity index is 737. The van der Waals surface area contributed by atoms with Crippen molar-refractivity contribution in [1.82, 2.24) is 15.1 Å². The molecule has 2 saturated carbocycles. The van der Waals surface area contributed by atoms with Gasteiger partial charge in [0.25, 0.3) is 0 Å². The third-order valence-electron chi connectivity index (χ3n) is 9.61. The number of fused-ring (bicyclic) bond motifs is 1. The minimum Gasteiger partial charge on any atom is -0.338 e. The molecule has 5 nitrogen and oxygen atoms in total. The second-order valence-electron chi connectivity index (χ2n) is 13.5. The minimum atomic E-state index is -0.312. The van der Waals surface area contributed by atoms with Crippen molar-refractivity contribution >= 4 is 11.8 Å². The number of hydrogen-bond donors (Lipinski definition) is 1. The van der Waals surface area contributed by atoms with Crippen LogP contribution in [0.4, 0.5) is 0 Å². The van der Waals surface area contributed by atoms with Gasteiger partial charge in [-0.15, -0.1) is 0 Å². The van der Waals surface area contributed by atoms with Crippen molar-refractivity contribution in [3.8, 4) is 0 Å². The summed E-state index contributed by atoms with van der Waals surface area (Å²) in [6, 6.07) is -0.187. The number of rotatable bonds is 6. The second-order valence-corrected chi connectivity index (χ2v) is 13.5. The summed E-state index contributed by atoms with van der Waals surface area (Å²) in [5, 5.41) is 3.41. The van der Waals surface area contributed by atoms with E-state index < -0.39 is 0 Å². The third kappa shape index (κ3) is 5.50. The van der Waals surface area contributed by atoms with Gasteiger partial charge < -0.3 is 15.1 Å². The maximum atomic E-state index is 14.0. The number of piperidine rings is 1. The summed E-state index contributed by atoms with van der Waals surface area (Å²) in [4.78, 5) is 31.5. The Balaban J connectivity index is 1.45. The van der Waals surface area contributed by atoms with Gasteiger partial charge in [-0.3, -0.25) is 9.59 Å². The fourth-order valence-electron chi connectivity index (χ4n) is 8.11. The average Bonchev–Trinajstić information content (AvgIpc) is 3.09. The van der Waals surface area contributed by atoms with Crippen molar-refractivity contribution in [3.05, 3.63) is 0 Å². The van der Waals surface area contributed by atoms with Gasteiger partial charge in [-0.2, -0.15) is 0 Å². The van der Waals surface area contributed by atoms with E-state index in [9.17, 15) is 9.59 Å². The van der Waals surface area contributed by atoms with Crippen LogP contribution >= 0.6 is 0 Å². The molecule has 2 heterocycles. The van der Waals surface area contributed by atoms with Crippen molar-refractivity contribution in [2.24, 2.45) is 35.0 Å². The first kappa shape index (κ1) is 26.0. The van der Waals surface area contributed by atoms with Crippen molar-refractivity contribution < 1.29 is 9.59 Å². The minimum absolute atomic E-state index is 0.133. The molecule has 194 valence electrons. The number of hydrogen-bond acceptors (Lipinski definition) is 3. The Hall–Kier alpha value is -1.10. The Labute approximate surface area is 208 Å². The quantitative estimate of drug-likeness (QED) is 0.584. The first-order valence-electron chi connectivity index (χ1n) is 14.4. The molecule has 4 rings (SSSR count). The SMILES string of the molecule is CC(C)CC(C(=O)N1CCC2(C[C@H]3CCC(C)C[C@H]3C2)C[C@@H]1C)N1CCN[C@@H](CC(C)C)C1=O. The van der Waals surface area contributed by atoms with E-state index in [0.717, 1.165) is 56.5 Å². The smallest absolute Gasteiger partial charge is 0.245 e. The van der Waals surface area contributed by atoms with Crippen LogP contribution in [0.3, 0.4) is 0 Å². The van der Waals surface area contributed by atoms with Gasteiger partial charge >= 0.3 is 0 Å². The molecular formula is C29H51N3O2. The summed E-state index contributed by atoms with van der Waals surface area (Å²) in [6.07, 6.45) is 10.9. The maximum absolute atomic E-state index is 14.0. The van der Waals surface area contributed by atoms with E-state index in [1.54, 1.807) is 0 Å². The van der Waals surface area contributed by atoms with Crippen molar-refractivity contribution in [2.75, 3.05) is 19.6 Å². The molecule has 0 aromatic carbocycles. The Kier molecular flexibility index (Phi) is 8.01. The van der Waals surface area contributed by atoms with E-state index in [-0.39, 0.29) is 29.9 Å². The highest BCUT2D eigenvalue weighted by atomic mass is 16.2. The monoisotopic (exact) mass is 473 g/mol. The standard InChI is InChI=1S/C29H51N3O2/c1-19(2)13-25-27(33)32(12-10-30-25)26(14-20(3)4)28(34)31-11-9-29(16-22(31)6)17-23-8-7-21(5)15-24(23)18-29/h19-26,30H,7-18H2,1-6H3/t21?,22-,23+,24-,25-,26?,29?/m0/s1. The predicted molar refractivity (Wildman–Crippen MR) is 138 cm³/mol. The maximum Gasteiger partial charge on any atom is 0.245 e. The largest absolute Gasteiger partial charge is 0.338 e. The summed E-state index contributed by atoms with van der Waals surface area (Å²) in [6.45, 7) is 15.7. The first-order chi connectivity index (χ1) is 16.1. The Morgan fingerprint density at radius 1 is 1.03 bits per heavy atom. The van der Waals surface area contributed by atoms with Gasteiger partial charge in [0.15, 0.2) is 0 Å². The van der Waals surface area contributed by atoms with Crippen molar-refractivity contribution in [1.29, 1.82) is 0 Å². The molecule has 0 aromatic rings. The molecular weight excluding hydrogens is 422 g/mol. The van der Waals surface area contributed by atoms with Crippen molar-refractivity contribution in [2.45, 2.75) is 117 Å². The van der Waals surface area contributed by atoms with Gasteiger partial charge in [0.1, 0.15) is 6.04 Å². The number of likely N-dealkylation sites (tertiary alicyclic amines) is 1. The molecule has 3 unspecified atom stereocenters. The highest BCUT2D eigenvalue weighted by Gasteiger charge is 2.50. The van der Waals surface area contributed by atoms with Gasteiger partial charge in [0.05, 0.1) is 6.04 Å². The zero-order valence-corrected chi connectivity index (χ0v) is 22.8. The second kappa shape index (κ2) is 10.5. The summed E-state index contributed by atoms with van der Waals surface area (Å²) in [7, 11) is 0. The van der Waals surface area contributed by atoms with Crippen LogP contribution in [-0.2, 0) is 9.59 Å². The molecule has 4 aliphatic rings. The zero-order valence-electron chi connectivity index (χ0n) is 22.8. The van der Waals surface area contributed by atoms with E-state index in [1.165, 1.54) is 32.1 Å². The van der Waals surface area contributed by atoms with E-state index >= 15 is 0 Å². The number of nitrogens with zero attached hydrogens (tertiary/aromatic N) is 2. The molecule has 0 bridgehead atoms. The fraction of sp³-hybridized carbons (Fsp3) is 0.931. The van der Waals surface area contributed by atoms with Crippen LogP contribution < -0.4 is 5.32 Å². The highest BCUT2D eigenvalue weighted by molar-refractivity contribution is 5.90. The lowest BCUT2D eigenvalue weighted by atomic mass is 9.73. The molecule has 4 fully saturated rings. The van der Waals surface area contributed by atoms with Crippen LogP contribution in [0.5, 0.6) is 0 Å². The number of carbonyl (C=O) groups excluding carboxylic acids is 2. The van der Waals surface area contributed by atoms with Crippen LogP contribution in [0.15, 0.2) is 0 Å². The molecule has 2 aliphatic heterocycles. The number of nitrogens with one attached hydrogen (secondary N) is 1. The number of piperazine rings is 1.